The van der Waals surface area contributed by atoms with E-state index in [9.17, 15) is 9.59 Å². The second kappa shape index (κ2) is 5.82. The van der Waals surface area contributed by atoms with Gasteiger partial charge in [0.05, 0.1) is 9.08 Å². The Balaban J connectivity index is 0.00000161. The lowest BCUT2D eigenvalue weighted by Crippen LogP contribution is -3.00. The maximum Gasteiger partial charge on any atom is 0.353 e. The molecule has 3 heterocycles. The molecule has 0 aliphatic carbocycles. The molecular weight excluding hydrogens is 429 g/mol. The molecule has 0 fully saturated rings. The number of halogens is 3. The van der Waals surface area contributed by atoms with Crippen molar-refractivity contribution in [3.05, 3.63) is 26.0 Å². The number of carbonyl (C=O) groups excluding carboxylic acids is 2. The van der Waals surface area contributed by atoms with Crippen molar-refractivity contribution in [1.29, 1.82) is 0 Å². The van der Waals surface area contributed by atoms with Crippen LogP contribution in [0.1, 0.15) is 22.5 Å². The molecule has 2 amide bonds. The van der Waals surface area contributed by atoms with Gasteiger partial charge in [-0.3, -0.25) is 10.5 Å². The van der Waals surface area contributed by atoms with Gasteiger partial charge in [-0.05, 0) is 38.3 Å². The largest absolute Gasteiger partial charge is 1.00 e. The number of carbonyl (C=O) groups is 2. The molecule has 0 atom stereocenters. The molecule has 0 aromatic carbocycles. The third-order valence-corrected chi connectivity index (χ3v) is 5.04. The van der Waals surface area contributed by atoms with Crippen LogP contribution in [0.15, 0.2) is 14.8 Å². The van der Waals surface area contributed by atoms with E-state index in [1.807, 2.05) is 0 Å². The van der Waals surface area contributed by atoms with Crippen LogP contribution in [0.4, 0.5) is 0 Å². The van der Waals surface area contributed by atoms with Crippen LogP contribution < -0.4 is 33.8 Å². The molecular formula is C11H10Br2ClN5O2. The average molecular weight is 439 g/mol. The lowest BCUT2D eigenvalue weighted by Gasteiger charge is -2.04. The van der Waals surface area contributed by atoms with E-state index < -0.39 is 0 Å². The van der Waals surface area contributed by atoms with Gasteiger partial charge >= 0.3 is 11.9 Å². The first-order valence-corrected chi connectivity index (χ1v) is 7.37. The molecule has 7 nitrogen and oxygen atoms in total. The summed E-state index contributed by atoms with van der Waals surface area (Å²) in [6.07, 6.45) is 0.519. The van der Waals surface area contributed by atoms with Gasteiger partial charge in [-0.1, -0.05) is 0 Å². The number of amides is 2. The standard InChI is InChI=1S/C11H9Br2N5O2.ClH/c12-5-4-3(6-10(20)18-11(14)17-6)1-2-15-9(19)7(4)16-8(5)13;/h16H,1-2H2,(H,15,19)(H3,14,17,18,20);1H/b6-3-;. The molecule has 3 rings (SSSR count). The highest BCUT2D eigenvalue weighted by molar-refractivity contribution is 9.13. The minimum Gasteiger partial charge on any atom is -1.00 e. The molecule has 0 radical (unpaired) electrons. The summed E-state index contributed by atoms with van der Waals surface area (Å²) in [6, 6.07) is 0. The lowest BCUT2D eigenvalue weighted by molar-refractivity contribution is -0.385. The summed E-state index contributed by atoms with van der Waals surface area (Å²) in [5.41, 5.74) is 7.75. The van der Waals surface area contributed by atoms with E-state index in [2.05, 4.69) is 52.5 Å². The van der Waals surface area contributed by atoms with Gasteiger partial charge in [0.15, 0.2) is 5.70 Å². The molecule has 1 aromatic rings. The van der Waals surface area contributed by atoms with Crippen molar-refractivity contribution in [1.82, 2.24) is 15.6 Å². The van der Waals surface area contributed by atoms with Crippen LogP contribution in [0.25, 0.3) is 5.57 Å². The molecule has 2 aliphatic rings. The molecule has 1 aromatic heterocycles. The van der Waals surface area contributed by atoms with E-state index in [4.69, 9.17) is 5.73 Å². The lowest BCUT2D eigenvalue weighted by atomic mass is 10.0. The third-order valence-electron chi connectivity index (χ3n) is 3.12. The number of hydrogen-bond donors (Lipinski definition) is 5. The summed E-state index contributed by atoms with van der Waals surface area (Å²) in [6.45, 7) is 0.444. The van der Waals surface area contributed by atoms with Crippen molar-refractivity contribution in [2.75, 3.05) is 6.54 Å². The number of nitrogens with two attached hydrogens (primary N) is 1. The van der Waals surface area contributed by atoms with E-state index in [0.717, 1.165) is 5.57 Å². The van der Waals surface area contributed by atoms with E-state index in [0.29, 0.717) is 39.0 Å². The predicted molar refractivity (Wildman–Crippen MR) is 78.4 cm³/mol. The van der Waals surface area contributed by atoms with Crippen LogP contribution in [0.5, 0.6) is 0 Å². The minimum atomic E-state index is -0.304. The van der Waals surface area contributed by atoms with Crippen molar-refractivity contribution in [2.24, 2.45) is 5.73 Å². The van der Waals surface area contributed by atoms with Crippen LogP contribution in [-0.2, 0) is 4.79 Å². The highest BCUT2D eigenvalue weighted by atomic mass is 79.9. The molecule has 21 heavy (non-hydrogen) atoms. The predicted octanol–water partition coefficient (Wildman–Crippen LogP) is -4.09. The number of fused-ring (bicyclic) bond motifs is 1. The Bertz CT molecular complexity index is 710. The fourth-order valence-electron chi connectivity index (χ4n) is 2.28. The second-order valence-electron chi connectivity index (χ2n) is 4.36. The smallest absolute Gasteiger partial charge is 0.353 e. The van der Waals surface area contributed by atoms with Crippen LogP contribution in [0.2, 0.25) is 0 Å². The normalized spacial score (nSPS) is 21.0. The second-order valence-corrected chi connectivity index (χ2v) is 5.94. The zero-order valence-corrected chi connectivity index (χ0v) is 14.4. The Kier molecular flexibility index (Phi) is 4.45. The first-order valence-electron chi connectivity index (χ1n) is 5.78. The zero-order chi connectivity index (χ0) is 14.4. The van der Waals surface area contributed by atoms with E-state index >= 15 is 0 Å². The number of nitrogens with one attached hydrogen (secondary N) is 4. The van der Waals surface area contributed by atoms with Crippen molar-refractivity contribution >= 4 is 55.2 Å². The molecule has 112 valence electrons. The molecule has 2 aliphatic heterocycles. The Morgan fingerprint density at radius 1 is 1.19 bits per heavy atom. The maximum atomic E-state index is 12.0. The van der Waals surface area contributed by atoms with Crippen molar-refractivity contribution in [3.8, 4) is 0 Å². The summed E-state index contributed by atoms with van der Waals surface area (Å²) in [5.74, 6) is -0.326. The maximum absolute atomic E-state index is 12.0. The van der Waals surface area contributed by atoms with Crippen LogP contribution in [-0.4, -0.2) is 29.3 Å². The summed E-state index contributed by atoms with van der Waals surface area (Å²) >= 11 is 6.77. The Labute approximate surface area is 142 Å². The highest BCUT2D eigenvalue weighted by Gasteiger charge is 2.33. The molecule has 0 unspecified atom stereocenters. The van der Waals surface area contributed by atoms with E-state index in [-0.39, 0.29) is 30.2 Å². The Morgan fingerprint density at radius 2 is 1.90 bits per heavy atom. The van der Waals surface area contributed by atoms with Gasteiger partial charge in [-0.2, -0.15) is 0 Å². The number of hydrogen-bond acceptors (Lipinski definition) is 3. The van der Waals surface area contributed by atoms with Crippen LogP contribution in [0, 0.1) is 0 Å². The van der Waals surface area contributed by atoms with Crippen LogP contribution in [0.3, 0.4) is 0 Å². The molecule has 0 bridgehead atoms. The SMILES string of the molecule is NC1=[NH+]/C(=C2/CCNC(=O)c3[nH]c(Br)c(Br)c32)C(=O)N1.[Cl-]. The average Bonchev–Trinajstić information content (AvgIpc) is 2.81. The minimum absolute atomic E-state index is 0. The summed E-state index contributed by atoms with van der Waals surface area (Å²) < 4.78 is 1.35. The first-order chi connectivity index (χ1) is 9.49. The number of rotatable bonds is 0. The number of aromatic amines is 1. The van der Waals surface area contributed by atoms with Gasteiger partial charge in [0.25, 0.3) is 5.91 Å². The topological polar surface area (TPSA) is 114 Å². The first kappa shape index (κ1) is 16.1. The molecule has 0 saturated heterocycles. The quantitative estimate of drug-likeness (QED) is 0.265. The number of aromatic nitrogens is 1. The summed E-state index contributed by atoms with van der Waals surface area (Å²) in [5, 5.41) is 5.27. The van der Waals surface area contributed by atoms with E-state index in [1.54, 1.807) is 0 Å². The van der Waals surface area contributed by atoms with Crippen molar-refractivity contribution in [2.45, 2.75) is 6.42 Å². The van der Waals surface area contributed by atoms with Gasteiger partial charge in [0.1, 0.15) is 5.69 Å². The fraction of sp³-hybridized carbons (Fsp3) is 0.182. The fourth-order valence-corrected chi connectivity index (χ4v) is 3.22. The number of guanidine groups is 1. The van der Waals surface area contributed by atoms with E-state index in [1.165, 1.54) is 0 Å². The Morgan fingerprint density at radius 3 is 2.52 bits per heavy atom. The molecule has 10 heteroatoms. The van der Waals surface area contributed by atoms with Gasteiger partial charge in [-0.25, -0.2) is 15.1 Å². The summed E-state index contributed by atoms with van der Waals surface area (Å²) in [4.78, 5) is 29.7. The van der Waals surface area contributed by atoms with Gasteiger partial charge in [0.2, 0.25) is 0 Å². The monoisotopic (exact) mass is 437 g/mol. The molecule has 6 N–H and O–H groups in total. The highest BCUT2D eigenvalue weighted by Crippen LogP contribution is 2.37. The van der Waals surface area contributed by atoms with Crippen LogP contribution >= 0.6 is 31.9 Å². The molecule has 0 saturated carbocycles. The van der Waals surface area contributed by atoms with Crippen molar-refractivity contribution in [3.63, 3.8) is 0 Å². The number of H-pyrrole nitrogens is 1. The molecule has 0 spiro atoms. The third kappa shape index (κ3) is 2.60. The Hall–Kier alpha value is -1.32. The van der Waals surface area contributed by atoms with Gasteiger partial charge in [-0.15, -0.1) is 0 Å². The summed E-state index contributed by atoms with van der Waals surface area (Å²) in [7, 11) is 0. The zero-order valence-electron chi connectivity index (χ0n) is 10.4. The van der Waals surface area contributed by atoms with Crippen molar-refractivity contribution < 1.29 is 27.0 Å². The van der Waals surface area contributed by atoms with Gasteiger partial charge in [0, 0.05) is 17.7 Å². The van der Waals surface area contributed by atoms with Gasteiger partial charge < -0.3 is 22.7 Å².